The van der Waals surface area contributed by atoms with Crippen LogP contribution in [0, 0.1) is 0 Å². The third kappa shape index (κ3) is 2.57. The molecule has 0 aliphatic heterocycles. The molecule has 0 unspecified atom stereocenters. The number of hydrogen-bond acceptors (Lipinski definition) is 5. The molecule has 2 N–H and O–H groups in total. The fourth-order valence-electron chi connectivity index (χ4n) is 1.47. The van der Waals surface area contributed by atoms with Crippen molar-refractivity contribution in [3.8, 4) is 0 Å². The van der Waals surface area contributed by atoms with Gasteiger partial charge in [-0.1, -0.05) is 13.8 Å². The number of carboxylic acid groups (broad SMARTS) is 1. The Kier molecular flexibility index (Phi) is 3.42. The van der Waals surface area contributed by atoms with Crippen LogP contribution >= 0.6 is 0 Å². The smallest absolute Gasteiger partial charge is 0.332 e. The van der Waals surface area contributed by atoms with Gasteiger partial charge in [0.1, 0.15) is 5.52 Å². The highest BCUT2D eigenvalue weighted by Gasteiger charge is 2.10. The third-order valence-electron chi connectivity index (χ3n) is 2.36. The predicted molar refractivity (Wildman–Crippen MR) is 64.3 cm³/mol. The Morgan fingerprint density at radius 2 is 2.39 bits per heavy atom. The quantitative estimate of drug-likeness (QED) is 0.777. The Labute approximate surface area is 103 Å². The molecule has 0 bridgehead atoms. The van der Waals surface area contributed by atoms with Crippen molar-refractivity contribution in [1.29, 1.82) is 0 Å². The molecule has 0 aliphatic carbocycles. The van der Waals surface area contributed by atoms with Crippen LogP contribution in [0.2, 0.25) is 0 Å². The Bertz CT molecular complexity index is 564. The van der Waals surface area contributed by atoms with Gasteiger partial charge in [-0.15, -0.1) is 0 Å². The van der Waals surface area contributed by atoms with E-state index >= 15 is 0 Å². The summed E-state index contributed by atoms with van der Waals surface area (Å²) in [6.07, 6.45) is 3.29. The fourth-order valence-corrected chi connectivity index (χ4v) is 1.47. The monoisotopic (exact) mass is 250 g/mol. The SMILES string of the molecule is CC(C)c1cc2c(NOCC(=O)O)nccn2n1. The van der Waals surface area contributed by atoms with E-state index in [0.29, 0.717) is 11.7 Å². The van der Waals surface area contributed by atoms with Gasteiger partial charge in [0.05, 0.1) is 5.69 Å². The number of carbonyl (C=O) groups is 1. The predicted octanol–water partition coefficient (Wildman–Crippen LogP) is 1.28. The number of hydrogen-bond donors (Lipinski definition) is 2. The van der Waals surface area contributed by atoms with Gasteiger partial charge in [-0.25, -0.2) is 19.8 Å². The maximum absolute atomic E-state index is 10.3. The Balaban J connectivity index is 2.24. The number of rotatable bonds is 5. The highest BCUT2D eigenvalue weighted by atomic mass is 16.7. The van der Waals surface area contributed by atoms with Gasteiger partial charge in [0, 0.05) is 12.4 Å². The van der Waals surface area contributed by atoms with E-state index in [1.54, 1.807) is 16.9 Å². The van der Waals surface area contributed by atoms with Crippen LogP contribution in [0.15, 0.2) is 18.5 Å². The highest BCUT2D eigenvalue weighted by Crippen LogP contribution is 2.19. The van der Waals surface area contributed by atoms with Crippen LogP contribution < -0.4 is 5.48 Å². The molecular weight excluding hydrogens is 236 g/mol. The first kappa shape index (κ1) is 12.3. The molecule has 2 aromatic heterocycles. The van der Waals surface area contributed by atoms with Gasteiger partial charge >= 0.3 is 5.97 Å². The number of nitrogens with one attached hydrogen (secondary N) is 1. The topological polar surface area (TPSA) is 88.8 Å². The normalized spacial score (nSPS) is 11.1. The molecular formula is C11H14N4O3. The molecule has 0 amide bonds. The van der Waals surface area contributed by atoms with E-state index in [1.165, 1.54) is 0 Å². The van der Waals surface area contributed by atoms with E-state index in [1.807, 2.05) is 19.9 Å². The zero-order chi connectivity index (χ0) is 13.1. The number of fused-ring (bicyclic) bond motifs is 1. The summed E-state index contributed by atoms with van der Waals surface area (Å²) in [6, 6.07) is 1.89. The largest absolute Gasteiger partial charge is 0.479 e. The molecule has 0 radical (unpaired) electrons. The first-order valence-corrected chi connectivity index (χ1v) is 5.52. The van der Waals surface area contributed by atoms with Crippen LogP contribution in [0.5, 0.6) is 0 Å². The van der Waals surface area contributed by atoms with Gasteiger partial charge in [-0.2, -0.15) is 5.10 Å². The molecule has 2 rings (SSSR count). The molecule has 0 fully saturated rings. The first-order valence-electron chi connectivity index (χ1n) is 5.52. The summed E-state index contributed by atoms with van der Waals surface area (Å²) in [6.45, 7) is 3.65. The number of aromatic nitrogens is 3. The number of aliphatic carboxylic acids is 1. The van der Waals surface area contributed by atoms with Gasteiger partial charge in [0.15, 0.2) is 12.4 Å². The summed E-state index contributed by atoms with van der Waals surface area (Å²) in [4.78, 5) is 19.2. The summed E-state index contributed by atoms with van der Waals surface area (Å²) in [5, 5.41) is 12.9. The lowest BCUT2D eigenvalue weighted by Crippen LogP contribution is -2.12. The van der Waals surface area contributed by atoms with E-state index in [9.17, 15) is 4.79 Å². The van der Waals surface area contributed by atoms with Crippen molar-refractivity contribution in [2.45, 2.75) is 19.8 Å². The number of nitrogens with zero attached hydrogens (tertiary/aromatic N) is 3. The Morgan fingerprint density at radius 3 is 3.06 bits per heavy atom. The van der Waals surface area contributed by atoms with Crippen LogP contribution in [0.4, 0.5) is 5.82 Å². The van der Waals surface area contributed by atoms with E-state index in [2.05, 4.69) is 15.6 Å². The Morgan fingerprint density at radius 1 is 1.61 bits per heavy atom. The van der Waals surface area contributed by atoms with Crippen molar-refractivity contribution in [3.63, 3.8) is 0 Å². The third-order valence-corrected chi connectivity index (χ3v) is 2.36. The summed E-state index contributed by atoms with van der Waals surface area (Å²) in [7, 11) is 0. The van der Waals surface area contributed by atoms with Crippen LogP contribution in [-0.2, 0) is 9.63 Å². The molecule has 18 heavy (non-hydrogen) atoms. The van der Waals surface area contributed by atoms with Crippen LogP contribution in [0.3, 0.4) is 0 Å². The molecule has 96 valence electrons. The minimum atomic E-state index is -1.05. The van der Waals surface area contributed by atoms with Crippen molar-refractivity contribution < 1.29 is 14.7 Å². The number of anilines is 1. The van der Waals surface area contributed by atoms with Gasteiger partial charge in [-0.05, 0) is 12.0 Å². The maximum Gasteiger partial charge on any atom is 0.332 e. The molecule has 0 saturated heterocycles. The lowest BCUT2D eigenvalue weighted by atomic mass is 10.1. The average Bonchev–Trinajstić information content (AvgIpc) is 2.73. The lowest BCUT2D eigenvalue weighted by Gasteiger charge is -2.04. The number of carboxylic acids is 1. The van der Waals surface area contributed by atoms with E-state index < -0.39 is 12.6 Å². The van der Waals surface area contributed by atoms with Gasteiger partial charge in [-0.3, -0.25) is 4.84 Å². The van der Waals surface area contributed by atoms with Gasteiger partial charge < -0.3 is 5.11 Å². The minimum absolute atomic E-state index is 0.303. The summed E-state index contributed by atoms with van der Waals surface area (Å²) in [5.41, 5.74) is 4.20. The molecule has 0 saturated carbocycles. The summed E-state index contributed by atoms with van der Waals surface area (Å²) in [5.74, 6) is -0.304. The average molecular weight is 250 g/mol. The second-order valence-electron chi connectivity index (χ2n) is 4.11. The fraction of sp³-hybridized carbons (Fsp3) is 0.364. The van der Waals surface area contributed by atoms with Crippen LogP contribution in [0.1, 0.15) is 25.5 Å². The van der Waals surface area contributed by atoms with Crippen LogP contribution in [-0.4, -0.2) is 32.3 Å². The van der Waals surface area contributed by atoms with Crippen molar-refractivity contribution in [1.82, 2.24) is 14.6 Å². The molecule has 2 aromatic rings. The van der Waals surface area contributed by atoms with Crippen molar-refractivity contribution in [2.75, 3.05) is 12.1 Å². The van der Waals surface area contributed by atoms with Crippen LogP contribution in [0.25, 0.3) is 5.52 Å². The summed E-state index contributed by atoms with van der Waals surface area (Å²) >= 11 is 0. The molecule has 0 aromatic carbocycles. The van der Waals surface area contributed by atoms with E-state index in [-0.39, 0.29) is 0 Å². The molecule has 0 atom stereocenters. The van der Waals surface area contributed by atoms with Gasteiger partial charge in [0.2, 0.25) is 0 Å². The summed E-state index contributed by atoms with van der Waals surface area (Å²) < 4.78 is 1.68. The molecule has 2 heterocycles. The van der Waals surface area contributed by atoms with Crippen molar-refractivity contribution in [2.24, 2.45) is 0 Å². The van der Waals surface area contributed by atoms with Gasteiger partial charge in [0.25, 0.3) is 0 Å². The Hall–Kier alpha value is -2.15. The lowest BCUT2D eigenvalue weighted by molar-refractivity contribution is -0.141. The molecule has 0 spiro atoms. The minimum Gasteiger partial charge on any atom is -0.479 e. The van der Waals surface area contributed by atoms with Crippen molar-refractivity contribution >= 4 is 17.3 Å². The molecule has 7 nitrogen and oxygen atoms in total. The van der Waals surface area contributed by atoms with Crippen molar-refractivity contribution in [3.05, 3.63) is 24.2 Å². The maximum atomic E-state index is 10.3. The van der Waals surface area contributed by atoms with E-state index in [0.717, 1.165) is 11.2 Å². The zero-order valence-corrected chi connectivity index (χ0v) is 10.1. The van der Waals surface area contributed by atoms with E-state index in [4.69, 9.17) is 9.94 Å². The second kappa shape index (κ2) is 5.01. The first-order chi connectivity index (χ1) is 8.58. The second-order valence-corrected chi connectivity index (χ2v) is 4.11. The standard InChI is InChI=1S/C11H14N4O3/c1-7(2)8-5-9-11(14-18-6-10(16)17)12-3-4-15(9)13-8/h3-5,7H,6H2,1-2H3,(H,12,14)(H,16,17). The zero-order valence-electron chi connectivity index (χ0n) is 10.1. The molecule has 7 heteroatoms. The highest BCUT2D eigenvalue weighted by molar-refractivity contribution is 5.69. The molecule has 0 aliphatic rings.